The predicted molar refractivity (Wildman–Crippen MR) is 78.0 cm³/mol. The van der Waals surface area contributed by atoms with E-state index in [-0.39, 0.29) is 0 Å². The smallest absolute Gasteiger partial charge is 0.193 e. The van der Waals surface area contributed by atoms with Gasteiger partial charge in [-0.25, -0.2) is 4.99 Å². The minimum Gasteiger partial charge on any atom is -0.370 e. The molecule has 3 heteroatoms. The molecule has 0 heterocycles. The monoisotopic (exact) mass is 245 g/mol. The molecule has 3 N–H and O–H groups in total. The van der Waals surface area contributed by atoms with Gasteiger partial charge in [0.05, 0.1) is 6.04 Å². The van der Waals surface area contributed by atoms with Gasteiger partial charge in [-0.2, -0.15) is 0 Å². The quantitative estimate of drug-likeness (QED) is 0.632. The second-order valence-corrected chi connectivity index (χ2v) is 5.29. The van der Waals surface area contributed by atoms with Crippen LogP contribution >= 0.6 is 0 Å². The number of nitrogens with one attached hydrogen (secondary N) is 1. The average Bonchev–Trinajstić information content (AvgIpc) is 3.02. The Morgan fingerprint density at radius 2 is 2.17 bits per heavy atom. The number of guanidine groups is 1. The first-order valence-corrected chi connectivity index (χ1v) is 6.77. The van der Waals surface area contributed by atoms with Gasteiger partial charge in [-0.1, -0.05) is 19.4 Å². The molecule has 3 nitrogen and oxygen atoms in total. The number of aliphatic imine (C=N–C) groups is 1. The lowest BCUT2D eigenvalue weighted by Crippen LogP contribution is -2.23. The number of anilines is 1. The summed E-state index contributed by atoms with van der Waals surface area (Å²) in [6.45, 7) is 6.43. The molecule has 1 aromatic rings. The average molecular weight is 245 g/mol. The summed E-state index contributed by atoms with van der Waals surface area (Å²) in [5, 5.41) is 3.17. The summed E-state index contributed by atoms with van der Waals surface area (Å²) in [6, 6.07) is 6.70. The highest BCUT2D eigenvalue weighted by Gasteiger charge is 2.35. The zero-order valence-electron chi connectivity index (χ0n) is 11.5. The van der Waals surface area contributed by atoms with Gasteiger partial charge in [-0.05, 0) is 55.9 Å². The van der Waals surface area contributed by atoms with Gasteiger partial charge in [0.1, 0.15) is 0 Å². The van der Waals surface area contributed by atoms with E-state index in [2.05, 4.69) is 43.2 Å². The first kappa shape index (κ1) is 12.9. The second-order valence-electron chi connectivity index (χ2n) is 5.29. The maximum atomic E-state index is 5.93. The van der Waals surface area contributed by atoms with E-state index >= 15 is 0 Å². The van der Waals surface area contributed by atoms with Crippen LogP contribution in [0, 0.1) is 19.8 Å². The van der Waals surface area contributed by atoms with Crippen LogP contribution in [0.4, 0.5) is 5.69 Å². The summed E-state index contributed by atoms with van der Waals surface area (Å²) in [4.78, 5) is 4.52. The van der Waals surface area contributed by atoms with Gasteiger partial charge in [-0.15, -0.1) is 0 Å². The van der Waals surface area contributed by atoms with E-state index in [0.29, 0.717) is 12.0 Å². The summed E-state index contributed by atoms with van der Waals surface area (Å²) in [5.74, 6) is 1.30. The lowest BCUT2D eigenvalue weighted by molar-refractivity contribution is 0.683. The van der Waals surface area contributed by atoms with Crippen molar-refractivity contribution in [1.29, 1.82) is 0 Å². The van der Waals surface area contributed by atoms with E-state index in [1.54, 1.807) is 0 Å². The Kier molecular flexibility index (Phi) is 3.90. The molecule has 1 saturated carbocycles. The third kappa shape index (κ3) is 3.25. The number of nitrogens with zero attached hydrogens (tertiary/aromatic N) is 1. The van der Waals surface area contributed by atoms with Crippen LogP contribution in [-0.4, -0.2) is 12.0 Å². The van der Waals surface area contributed by atoms with Crippen LogP contribution in [0.15, 0.2) is 23.2 Å². The van der Waals surface area contributed by atoms with Crippen LogP contribution in [0.25, 0.3) is 0 Å². The van der Waals surface area contributed by atoms with E-state index in [0.717, 1.165) is 11.6 Å². The maximum absolute atomic E-state index is 5.93. The number of hydrogen-bond acceptors (Lipinski definition) is 1. The van der Waals surface area contributed by atoms with Crippen LogP contribution in [0.3, 0.4) is 0 Å². The predicted octanol–water partition coefficient (Wildman–Crippen LogP) is 3.22. The van der Waals surface area contributed by atoms with Crippen LogP contribution in [0.1, 0.15) is 37.3 Å². The van der Waals surface area contributed by atoms with E-state index in [1.165, 1.54) is 30.4 Å². The van der Waals surface area contributed by atoms with Crippen molar-refractivity contribution in [3.8, 4) is 0 Å². The summed E-state index contributed by atoms with van der Waals surface area (Å²) in [5.41, 5.74) is 9.51. The zero-order chi connectivity index (χ0) is 13.1. The van der Waals surface area contributed by atoms with Crippen molar-refractivity contribution in [3.05, 3.63) is 29.3 Å². The second kappa shape index (κ2) is 5.42. The molecule has 0 unspecified atom stereocenters. The molecule has 1 fully saturated rings. The first-order chi connectivity index (χ1) is 8.60. The summed E-state index contributed by atoms with van der Waals surface area (Å²) < 4.78 is 0. The Labute approximate surface area is 109 Å². The van der Waals surface area contributed by atoms with Gasteiger partial charge in [0.25, 0.3) is 0 Å². The summed E-state index contributed by atoms with van der Waals surface area (Å²) >= 11 is 0. The first-order valence-electron chi connectivity index (χ1n) is 6.77. The third-order valence-corrected chi connectivity index (χ3v) is 3.63. The fourth-order valence-corrected chi connectivity index (χ4v) is 2.25. The molecule has 0 bridgehead atoms. The molecule has 0 radical (unpaired) electrons. The Hall–Kier alpha value is -1.51. The van der Waals surface area contributed by atoms with Gasteiger partial charge >= 0.3 is 0 Å². The van der Waals surface area contributed by atoms with Gasteiger partial charge < -0.3 is 11.1 Å². The summed E-state index contributed by atoms with van der Waals surface area (Å²) in [7, 11) is 0. The lowest BCUT2D eigenvalue weighted by Gasteiger charge is -2.08. The van der Waals surface area contributed by atoms with Crippen molar-refractivity contribution in [2.45, 2.75) is 46.1 Å². The zero-order valence-corrected chi connectivity index (χ0v) is 11.5. The van der Waals surface area contributed by atoms with Gasteiger partial charge in [0, 0.05) is 5.69 Å². The number of hydrogen-bond donors (Lipinski definition) is 2. The van der Waals surface area contributed by atoms with Crippen LogP contribution < -0.4 is 11.1 Å². The molecule has 0 aromatic heterocycles. The number of aryl methyl sites for hydroxylation is 2. The molecule has 98 valence electrons. The Balaban J connectivity index is 1.93. The van der Waals surface area contributed by atoms with Crippen molar-refractivity contribution in [2.75, 3.05) is 5.32 Å². The van der Waals surface area contributed by atoms with Gasteiger partial charge in [0.15, 0.2) is 5.96 Å². The van der Waals surface area contributed by atoms with E-state index in [9.17, 15) is 0 Å². The minimum absolute atomic E-state index is 0.448. The van der Waals surface area contributed by atoms with Crippen LogP contribution in [0.5, 0.6) is 0 Å². The van der Waals surface area contributed by atoms with Gasteiger partial charge in [0.2, 0.25) is 0 Å². The van der Waals surface area contributed by atoms with Crippen molar-refractivity contribution in [1.82, 2.24) is 0 Å². The number of nitrogens with two attached hydrogens (primary N) is 1. The van der Waals surface area contributed by atoms with Crippen molar-refractivity contribution in [2.24, 2.45) is 16.6 Å². The Morgan fingerprint density at radius 1 is 1.39 bits per heavy atom. The molecule has 18 heavy (non-hydrogen) atoms. The van der Waals surface area contributed by atoms with E-state index < -0.39 is 0 Å². The molecule has 1 aliphatic carbocycles. The lowest BCUT2D eigenvalue weighted by atomic mass is 10.1. The Bertz CT molecular complexity index is 451. The maximum Gasteiger partial charge on any atom is 0.193 e. The molecular weight excluding hydrogens is 222 g/mol. The largest absolute Gasteiger partial charge is 0.370 e. The number of benzene rings is 1. The van der Waals surface area contributed by atoms with Crippen molar-refractivity contribution < 1.29 is 0 Å². The Morgan fingerprint density at radius 3 is 2.83 bits per heavy atom. The minimum atomic E-state index is 0.448. The molecule has 2 atom stereocenters. The topological polar surface area (TPSA) is 50.4 Å². The van der Waals surface area contributed by atoms with Gasteiger partial charge in [-0.3, -0.25) is 0 Å². The molecule has 2 rings (SSSR count). The normalized spacial score (nSPS) is 22.9. The van der Waals surface area contributed by atoms with E-state index in [1.807, 2.05) is 6.07 Å². The standard InChI is InChI=1S/C15H23N3/c1-4-5-12-9-14(12)18-15(16)17-13-7-6-10(2)11(3)8-13/h6-8,12,14H,4-5,9H2,1-3H3,(H3,16,17,18)/t12-,14-/m1/s1. The molecule has 1 aliphatic rings. The molecule has 0 spiro atoms. The molecule has 0 aliphatic heterocycles. The number of rotatable bonds is 4. The SMILES string of the molecule is CCC[C@@H]1C[C@H]1N=C(N)Nc1ccc(C)c(C)c1. The fraction of sp³-hybridized carbons (Fsp3) is 0.533. The molecule has 1 aromatic carbocycles. The highest BCUT2D eigenvalue weighted by molar-refractivity contribution is 5.92. The molecule has 0 saturated heterocycles. The molecular formula is C15H23N3. The third-order valence-electron chi connectivity index (χ3n) is 3.63. The van der Waals surface area contributed by atoms with Crippen LogP contribution in [0.2, 0.25) is 0 Å². The highest BCUT2D eigenvalue weighted by Crippen LogP contribution is 2.37. The van der Waals surface area contributed by atoms with E-state index in [4.69, 9.17) is 5.73 Å². The van der Waals surface area contributed by atoms with Crippen LogP contribution in [-0.2, 0) is 0 Å². The fourth-order valence-electron chi connectivity index (χ4n) is 2.25. The van der Waals surface area contributed by atoms with Crippen molar-refractivity contribution in [3.63, 3.8) is 0 Å². The van der Waals surface area contributed by atoms with Crippen molar-refractivity contribution >= 4 is 11.6 Å². The summed E-state index contributed by atoms with van der Waals surface area (Å²) in [6.07, 6.45) is 3.70. The molecule has 0 amide bonds. The highest BCUT2D eigenvalue weighted by atomic mass is 15.1.